The van der Waals surface area contributed by atoms with Gasteiger partial charge in [-0.3, -0.25) is 4.79 Å². The fourth-order valence-electron chi connectivity index (χ4n) is 1.75. The van der Waals surface area contributed by atoms with Crippen molar-refractivity contribution < 1.29 is 19.3 Å². The summed E-state index contributed by atoms with van der Waals surface area (Å²) in [4.78, 5) is 22.7. The Labute approximate surface area is 113 Å². The maximum Gasteiger partial charge on any atom is 0.326 e. The van der Waals surface area contributed by atoms with Gasteiger partial charge in [0.05, 0.1) is 6.42 Å². The highest BCUT2D eigenvalue weighted by molar-refractivity contribution is 5.83. The summed E-state index contributed by atoms with van der Waals surface area (Å²) in [7, 11) is 0. The van der Waals surface area contributed by atoms with Crippen LogP contribution in [0.5, 0.6) is 0 Å². The van der Waals surface area contributed by atoms with Crippen molar-refractivity contribution >= 4 is 11.9 Å². The van der Waals surface area contributed by atoms with Crippen molar-refractivity contribution in [1.82, 2.24) is 5.32 Å². The molecule has 1 heterocycles. The number of carbonyl (C=O) groups excluding carboxylic acids is 1. The van der Waals surface area contributed by atoms with Crippen LogP contribution >= 0.6 is 0 Å². The van der Waals surface area contributed by atoms with Gasteiger partial charge in [0, 0.05) is 12.1 Å². The van der Waals surface area contributed by atoms with E-state index in [2.05, 4.69) is 5.32 Å². The van der Waals surface area contributed by atoms with Gasteiger partial charge >= 0.3 is 5.97 Å². The SMILES string of the molecule is CCCCC(NC(=O)CC[n+]1ccccc1)C(=O)O. The number of aromatic nitrogens is 1. The van der Waals surface area contributed by atoms with E-state index in [1.807, 2.05) is 42.1 Å². The molecule has 0 bridgehead atoms. The minimum absolute atomic E-state index is 0.222. The summed E-state index contributed by atoms with van der Waals surface area (Å²) < 4.78 is 1.89. The molecule has 19 heavy (non-hydrogen) atoms. The van der Waals surface area contributed by atoms with Crippen LogP contribution in [0.25, 0.3) is 0 Å². The molecule has 0 radical (unpaired) electrons. The van der Waals surface area contributed by atoms with Gasteiger partial charge in [-0.2, -0.15) is 0 Å². The molecule has 2 N–H and O–H groups in total. The first-order valence-electron chi connectivity index (χ1n) is 6.59. The Kier molecular flexibility index (Phi) is 6.57. The summed E-state index contributed by atoms with van der Waals surface area (Å²) in [5.41, 5.74) is 0. The zero-order valence-corrected chi connectivity index (χ0v) is 11.2. The third-order valence-corrected chi connectivity index (χ3v) is 2.85. The van der Waals surface area contributed by atoms with Crippen molar-refractivity contribution in [1.29, 1.82) is 0 Å². The summed E-state index contributed by atoms with van der Waals surface area (Å²) >= 11 is 0. The number of aryl methyl sites for hydroxylation is 1. The van der Waals surface area contributed by atoms with Crippen LogP contribution < -0.4 is 9.88 Å². The topological polar surface area (TPSA) is 70.3 Å². The fraction of sp³-hybridized carbons (Fsp3) is 0.500. The zero-order valence-electron chi connectivity index (χ0n) is 11.2. The van der Waals surface area contributed by atoms with E-state index in [0.29, 0.717) is 13.0 Å². The van der Waals surface area contributed by atoms with Gasteiger partial charge in [0.25, 0.3) is 0 Å². The zero-order chi connectivity index (χ0) is 14.1. The Bertz CT molecular complexity index is 406. The van der Waals surface area contributed by atoms with E-state index >= 15 is 0 Å². The molecule has 1 unspecified atom stereocenters. The lowest BCUT2D eigenvalue weighted by Crippen LogP contribution is -2.43. The molecular weight excluding hydrogens is 244 g/mol. The number of nitrogens with zero attached hydrogens (tertiary/aromatic N) is 1. The molecule has 1 aromatic rings. The average Bonchev–Trinajstić information content (AvgIpc) is 2.42. The first kappa shape index (κ1) is 15.1. The molecule has 0 saturated carbocycles. The predicted molar refractivity (Wildman–Crippen MR) is 70.3 cm³/mol. The molecule has 1 amide bonds. The molecular formula is C14H21N2O3+. The molecule has 1 atom stereocenters. The van der Waals surface area contributed by atoms with Crippen molar-refractivity contribution in [3.63, 3.8) is 0 Å². The lowest BCUT2D eigenvalue weighted by Gasteiger charge is -2.13. The minimum atomic E-state index is -0.964. The molecule has 104 valence electrons. The van der Waals surface area contributed by atoms with Gasteiger partial charge in [-0.25, -0.2) is 9.36 Å². The van der Waals surface area contributed by atoms with Gasteiger partial charge in [-0.1, -0.05) is 25.8 Å². The number of carbonyl (C=O) groups is 2. The number of rotatable bonds is 8. The first-order chi connectivity index (χ1) is 9.13. The molecule has 0 fully saturated rings. The average molecular weight is 265 g/mol. The monoisotopic (exact) mass is 265 g/mol. The second kappa shape index (κ2) is 8.24. The number of carboxylic acid groups (broad SMARTS) is 1. The Hall–Kier alpha value is -1.91. The van der Waals surface area contributed by atoms with Gasteiger partial charge in [0.1, 0.15) is 6.04 Å². The van der Waals surface area contributed by atoms with Crippen molar-refractivity contribution in [3.05, 3.63) is 30.6 Å². The number of aliphatic carboxylic acids is 1. The van der Waals surface area contributed by atoms with E-state index < -0.39 is 12.0 Å². The van der Waals surface area contributed by atoms with Gasteiger partial charge in [0.2, 0.25) is 5.91 Å². The van der Waals surface area contributed by atoms with Crippen molar-refractivity contribution in [2.75, 3.05) is 0 Å². The number of hydrogen-bond acceptors (Lipinski definition) is 2. The Morgan fingerprint density at radius 1 is 1.26 bits per heavy atom. The lowest BCUT2D eigenvalue weighted by molar-refractivity contribution is -0.695. The molecule has 0 aliphatic heterocycles. The number of unbranched alkanes of at least 4 members (excludes halogenated alkanes) is 1. The molecule has 0 aliphatic rings. The number of carboxylic acids is 1. The highest BCUT2D eigenvalue weighted by atomic mass is 16.4. The van der Waals surface area contributed by atoms with Crippen LogP contribution in [0.4, 0.5) is 0 Å². The van der Waals surface area contributed by atoms with E-state index in [1.165, 1.54) is 0 Å². The van der Waals surface area contributed by atoms with Gasteiger partial charge in [-0.15, -0.1) is 0 Å². The number of nitrogens with one attached hydrogen (secondary N) is 1. The van der Waals surface area contributed by atoms with Crippen LogP contribution in [-0.2, 0) is 16.1 Å². The molecule has 1 rings (SSSR count). The smallest absolute Gasteiger partial charge is 0.326 e. The quantitative estimate of drug-likeness (QED) is 0.692. The first-order valence-corrected chi connectivity index (χ1v) is 6.59. The number of amides is 1. The highest BCUT2D eigenvalue weighted by Gasteiger charge is 2.19. The molecule has 0 spiro atoms. The summed E-state index contributed by atoms with van der Waals surface area (Å²) in [5, 5.41) is 11.6. The Morgan fingerprint density at radius 2 is 1.95 bits per heavy atom. The summed E-state index contributed by atoms with van der Waals surface area (Å²) in [6.07, 6.45) is 6.23. The number of pyridine rings is 1. The van der Waals surface area contributed by atoms with Crippen molar-refractivity contribution in [2.24, 2.45) is 0 Å². The predicted octanol–water partition coefficient (Wildman–Crippen LogP) is 1.12. The van der Waals surface area contributed by atoms with Crippen LogP contribution in [0.15, 0.2) is 30.6 Å². The third kappa shape index (κ3) is 5.99. The summed E-state index contributed by atoms with van der Waals surface area (Å²) in [6, 6.07) is 4.91. The van der Waals surface area contributed by atoms with Crippen LogP contribution in [0, 0.1) is 0 Å². The van der Waals surface area contributed by atoms with Crippen molar-refractivity contribution in [3.8, 4) is 0 Å². The normalized spacial score (nSPS) is 11.8. The summed E-state index contributed by atoms with van der Waals surface area (Å²) in [6.45, 7) is 2.54. The third-order valence-electron chi connectivity index (χ3n) is 2.85. The van der Waals surface area contributed by atoms with Crippen LogP contribution in [0.1, 0.15) is 32.6 Å². The molecule has 1 aromatic heterocycles. The Morgan fingerprint density at radius 3 is 2.53 bits per heavy atom. The molecule has 5 nitrogen and oxygen atoms in total. The lowest BCUT2D eigenvalue weighted by atomic mass is 10.1. The second-order valence-corrected chi connectivity index (χ2v) is 4.46. The molecule has 0 aromatic carbocycles. The summed E-state index contributed by atoms with van der Waals surface area (Å²) in [5.74, 6) is -1.19. The molecule has 5 heteroatoms. The molecule has 0 aliphatic carbocycles. The maximum atomic E-state index is 11.7. The van der Waals surface area contributed by atoms with Gasteiger partial charge in [-0.05, 0) is 6.42 Å². The standard InChI is InChI=1S/C14H20N2O3/c1-2-3-7-12(14(18)19)15-13(17)8-11-16-9-5-4-6-10-16/h4-6,9-10,12H,2-3,7-8,11H2,1H3,(H-,15,17,18,19)/p+1. The second-order valence-electron chi connectivity index (χ2n) is 4.46. The molecule has 0 saturated heterocycles. The minimum Gasteiger partial charge on any atom is -0.480 e. The van der Waals surface area contributed by atoms with E-state index in [4.69, 9.17) is 5.11 Å². The van der Waals surface area contributed by atoms with Crippen LogP contribution in [0.3, 0.4) is 0 Å². The number of hydrogen-bond donors (Lipinski definition) is 2. The van der Waals surface area contributed by atoms with E-state index in [-0.39, 0.29) is 12.3 Å². The highest BCUT2D eigenvalue weighted by Crippen LogP contribution is 2.01. The fourth-order valence-corrected chi connectivity index (χ4v) is 1.75. The van der Waals surface area contributed by atoms with Crippen LogP contribution in [0.2, 0.25) is 0 Å². The van der Waals surface area contributed by atoms with Gasteiger partial charge in [0.15, 0.2) is 18.9 Å². The maximum absolute atomic E-state index is 11.7. The van der Waals surface area contributed by atoms with Crippen molar-refractivity contribution in [2.45, 2.75) is 45.2 Å². The van der Waals surface area contributed by atoms with E-state index in [1.54, 1.807) is 0 Å². The van der Waals surface area contributed by atoms with Gasteiger partial charge < -0.3 is 10.4 Å². The van der Waals surface area contributed by atoms with Crippen LogP contribution in [-0.4, -0.2) is 23.0 Å². The van der Waals surface area contributed by atoms with E-state index in [0.717, 1.165) is 12.8 Å². The Balaban J connectivity index is 2.38. The van der Waals surface area contributed by atoms with E-state index in [9.17, 15) is 9.59 Å². The largest absolute Gasteiger partial charge is 0.480 e.